The van der Waals surface area contributed by atoms with Gasteiger partial charge in [-0.2, -0.15) is 0 Å². The Balaban J connectivity index is 1.80. The molecule has 0 spiro atoms. The highest BCUT2D eigenvalue weighted by molar-refractivity contribution is 7.89. The molecule has 7 nitrogen and oxygen atoms in total. The minimum atomic E-state index is -3.95. The number of hydrogen-bond donors (Lipinski definition) is 2. The van der Waals surface area contributed by atoms with Crippen LogP contribution in [-0.2, 0) is 14.8 Å². The summed E-state index contributed by atoms with van der Waals surface area (Å²) in [4.78, 5) is 12.4. The third-order valence-electron chi connectivity index (χ3n) is 4.43. The molecule has 29 heavy (non-hydrogen) atoms. The lowest BCUT2D eigenvalue weighted by Gasteiger charge is -2.14. The van der Waals surface area contributed by atoms with Crippen molar-refractivity contribution in [1.82, 2.24) is 4.72 Å². The lowest BCUT2D eigenvalue weighted by molar-refractivity contribution is 0.102. The van der Waals surface area contributed by atoms with Crippen molar-refractivity contribution in [3.05, 3.63) is 52.0 Å². The standard InChI is InChI=1S/C19H20Cl2N2O5S/c1-27-13-6-4-12(5-7-13)23-19(24)15-9-18(17(21)10-16(15)20)29(25,26)22-11-14-3-2-8-28-14/h4-7,9-10,14,22H,2-3,8,11H2,1H3,(H,23,24). The fourth-order valence-corrected chi connectivity index (χ4v) is 4.79. The highest BCUT2D eigenvalue weighted by Gasteiger charge is 2.25. The minimum Gasteiger partial charge on any atom is -0.497 e. The van der Waals surface area contributed by atoms with E-state index in [-0.39, 0.29) is 33.2 Å². The molecule has 1 saturated heterocycles. The maximum atomic E-state index is 12.7. The summed E-state index contributed by atoms with van der Waals surface area (Å²) in [5, 5.41) is 2.64. The van der Waals surface area contributed by atoms with Crippen molar-refractivity contribution in [3.63, 3.8) is 0 Å². The summed E-state index contributed by atoms with van der Waals surface area (Å²) in [6.07, 6.45) is 1.50. The number of anilines is 1. The molecule has 10 heteroatoms. The summed E-state index contributed by atoms with van der Waals surface area (Å²) in [6, 6.07) is 9.09. The second kappa shape index (κ2) is 9.32. The summed E-state index contributed by atoms with van der Waals surface area (Å²) in [5.74, 6) is 0.0747. The number of nitrogens with one attached hydrogen (secondary N) is 2. The van der Waals surface area contributed by atoms with Gasteiger partial charge in [-0.3, -0.25) is 4.79 Å². The van der Waals surface area contributed by atoms with E-state index in [1.807, 2.05) is 0 Å². The predicted octanol–water partition coefficient (Wildman–Crippen LogP) is 3.71. The van der Waals surface area contributed by atoms with E-state index < -0.39 is 15.9 Å². The molecule has 0 aliphatic carbocycles. The van der Waals surface area contributed by atoms with Crippen molar-refractivity contribution < 1.29 is 22.7 Å². The van der Waals surface area contributed by atoms with Gasteiger partial charge >= 0.3 is 0 Å². The second-order valence-electron chi connectivity index (χ2n) is 6.43. The Morgan fingerprint density at radius 2 is 1.93 bits per heavy atom. The summed E-state index contributed by atoms with van der Waals surface area (Å²) < 4.78 is 38.3. The van der Waals surface area contributed by atoms with Crippen molar-refractivity contribution in [2.45, 2.75) is 23.8 Å². The monoisotopic (exact) mass is 458 g/mol. The van der Waals surface area contributed by atoms with Gasteiger partial charge in [-0.15, -0.1) is 0 Å². The van der Waals surface area contributed by atoms with Crippen LogP contribution in [0.4, 0.5) is 5.69 Å². The fraction of sp³-hybridized carbons (Fsp3) is 0.316. The summed E-state index contributed by atoms with van der Waals surface area (Å²) in [6.45, 7) is 0.748. The zero-order chi connectivity index (χ0) is 21.0. The number of carbonyl (C=O) groups is 1. The smallest absolute Gasteiger partial charge is 0.257 e. The molecule has 0 aromatic heterocycles. The highest BCUT2D eigenvalue weighted by Crippen LogP contribution is 2.29. The number of methoxy groups -OCH3 is 1. The van der Waals surface area contributed by atoms with Gasteiger partial charge in [0.25, 0.3) is 5.91 Å². The Kier molecular flexibility index (Phi) is 7.02. The summed E-state index contributed by atoms with van der Waals surface area (Å²) in [5.41, 5.74) is 0.493. The van der Waals surface area contributed by atoms with Gasteiger partial charge in [-0.05, 0) is 49.2 Å². The van der Waals surface area contributed by atoms with Crippen molar-refractivity contribution in [2.75, 3.05) is 25.6 Å². The third-order valence-corrected chi connectivity index (χ3v) is 6.63. The van der Waals surface area contributed by atoms with Gasteiger partial charge in [-0.25, -0.2) is 13.1 Å². The van der Waals surface area contributed by atoms with Gasteiger partial charge in [0.05, 0.1) is 28.8 Å². The first kappa shape index (κ1) is 21.9. The van der Waals surface area contributed by atoms with E-state index in [0.29, 0.717) is 18.0 Å². The molecule has 1 heterocycles. The molecular weight excluding hydrogens is 439 g/mol. The largest absolute Gasteiger partial charge is 0.497 e. The molecule has 1 aliphatic rings. The Bertz CT molecular complexity index is 990. The quantitative estimate of drug-likeness (QED) is 0.659. The molecule has 2 aromatic carbocycles. The Morgan fingerprint density at radius 3 is 2.55 bits per heavy atom. The van der Waals surface area contributed by atoms with Crippen LogP contribution in [0, 0.1) is 0 Å². The van der Waals surface area contributed by atoms with Gasteiger partial charge < -0.3 is 14.8 Å². The average molecular weight is 459 g/mol. The molecule has 1 unspecified atom stereocenters. The van der Waals surface area contributed by atoms with Crippen LogP contribution in [0.2, 0.25) is 10.0 Å². The first-order valence-electron chi connectivity index (χ1n) is 8.86. The third kappa shape index (κ3) is 5.40. The average Bonchev–Trinajstić information content (AvgIpc) is 3.20. The van der Waals surface area contributed by atoms with Crippen molar-refractivity contribution in [3.8, 4) is 5.75 Å². The van der Waals surface area contributed by atoms with Crippen molar-refractivity contribution in [1.29, 1.82) is 0 Å². The number of rotatable bonds is 7. The van der Waals surface area contributed by atoms with Gasteiger partial charge in [-0.1, -0.05) is 23.2 Å². The van der Waals surface area contributed by atoms with Crippen LogP contribution >= 0.6 is 23.2 Å². The van der Waals surface area contributed by atoms with Gasteiger partial charge in [0.1, 0.15) is 10.6 Å². The van der Waals surface area contributed by atoms with Crippen LogP contribution in [0.15, 0.2) is 41.3 Å². The molecular formula is C19H20Cl2N2O5S. The van der Waals surface area contributed by atoms with Crippen LogP contribution in [0.25, 0.3) is 0 Å². The molecule has 2 N–H and O–H groups in total. The number of ether oxygens (including phenoxy) is 2. The lowest BCUT2D eigenvalue weighted by Crippen LogP contribution is -2.32. The molecule has 0 saturated carbocycles. The van der Waals surface area contributed by atoms with E-state index in [4.69, 9.17) is 32.7 Å². The van der Waals surface area contributed by atoms with Crippen LogP contribution in [0.3, 0.4) is 0 Å². The first-order chi connectivity index (χ1) is 13.8. The van der Waals surface area contributed by atoms with Crippen LogP contribution in [0.5, 0.6) is 5.75 Å². The first-order valence-corrected chi connectivity index (χ1v) is 11.1. The zero-order valence-corrected chi connectivity index (χ0v) is 17.9. The second-order valence-corrected chi connectivity index (χ2v) is 8.98. The van der Waals surface area contributed by atoms with Crippen molar-refractivity contribution >= 4 is 44.8 Å². The molecule has 1 atom stereocenters. The molecule has 1 aliphatic heterocycles. The number of sulfonamides is 1. The Labute approximate surface area is 179 Å². The van der Waals surface area contributed by atoms with E-state index >= 15 is 0 Å². The van der Waals surface area contributed by atoms with E-state index in [0.717, 1.165) is 12.8 Å². The number of carbonyl (C=O) groups excluding carboxylic acids is 1. The van der Waals surface area contributed by atoms with Crippen LogP contribution in [-0.4, -0.2) is 40.7 Å². The van der Waals surface area contributed by atoms with E-state index in [2.05, 4.69) is 10.0 Å². The number of halogens is 2. The topological polar surface area (TPSA) is 93.7 Å². The van der Waals surface area contributed by atoms with E-state index in [9.17, 15) is 13.2 Å². The predicted molar refractivity (Wildman–Crippen MR) is 112 cm³/mol. The zero-order valence-electron chi connectivity index (χ0n) is 15.6. The summed E-state index contributed by atoms with van der Waals surface area (Å²) >= 11 is 12.2. The van der Waals surface area contributed by atoms with Crippen LogP contribution in [0.1, 0.15) is 23.2 Å². The molecule has 0 radical (unpaired) electrons. The number of benzene rings is 2. The number of hydrogen-bond acceptors (Lipinski definition) is 5. The van der Waals surface area contributed by atoms with E-state index in [1.54, 1.807) is 24.3 Å². The highest BCUT2D eigenvalue weighted by atomic mass is 35.5. The fourth-order valence-electron chi connectivity index (χ4n) is 2.87. The van der Waals surface area contributed by atoms with Gasteiger partial charge in [0.2, 0.25) is 10.0 Å². The molecule has 0 bridgehead atoms. The maximum Gasteiger partial charge on any atom is 0.257 e. The Morgan fingerprint density at radius 1 is 1.21 bits per heavy atom. The molecule has 1 amide bonds. The van der Waals surface area contributed by atoms with Gasteiger partial charge in [0, 0.05) is 18.8 Å². The van der Waals surface area contributed by atoms with Gasteiger partial charge in [0.15, 0.2) is 0 Å². The molecule has 1 fully saturated rings. The maximum absolute atomic E-state index is 12.7. The SMILES string of the molecule is COc1ccc(NC(=O)c2cc(S(=O)(=O)NCC3CCCO3)c(Cl)cc2Cl)cc1. The number of amides is 1. The normalized spacial score (nSPS) is 16.6. The molecule has 156 valence electrons. The minimum absolute atomic E-state index is 0.00984. The van der Waals surface area contributed by atoms with E-state index in [1.165, 1.54) is 19.2 Å². The Hall–Kier alpha value is -1.84. The summed E-state index contributed by atoms with van der Waals surface area (Å²) in [7, 11) is -2.41. The van der Waals surface area contributed by atoms with Crippen LogP contribution < -0.4 is 14.8 Å². The lowest BCUT2D eigenvalue weighted by atomic mass is 10.2. The molecule has 3 rings (SSSR count). The van der Waals surface area contributed by atoms with Crippen molar-refractivity contribution in [2.24, 2.45) is 0 Å². The molecule has 2 aromatic rings.